The van der Waals surface area contributed by atoms with E-state index in [1.54, 1.807) is 7.11 Å². The molecular formula is C18H22N2O4. The minimum atomic E-state index is -0.677. The van der Waals surface area contributed by atoms with Gasteiger partial charge < -0.3 is 14.6 Å². The van der Waals surface area contributed by atoms with E-state index in [1.165, 1.54) is 11.1 Å². The van der Waals surface area contributed by atoms with Crippen molar-refractivity contribution in [2.24, 2.45) is 5.92 Å². The van der Waals surface area contributed by atoms with Crippen molar-refractivity contribution in [3.8, 4) is 5.75 Å². The Hall–Kier alpha value is -1.63. The van der Waals surface area contributed by atoms with E-state index < -0.39 is 5.97 Å². The van der Waals surface area contributed by atoms with Crippen molar-refractivity contribution in [1.29, 1.82) is 0 Å². The maximum absolute atomic E-state index is 11.8. The van der Waals surface area contributed by atoms with Gasteiger partial charge >= 0.3 is 5.97 Å². The van der Waals surface area contributed by atoms with Gasteiger partial charge in [-0.3, -0.25) is 14.6 Å². The van der Waals surface area contributed by atoms with Crippen LogP contribution in [-0.2, 0) is 16.0 Å². The number of benzene rings is 1. The number of hydrogen-bond acceptors (Lipinski definition) is 5. The fourth-order valence-corrected chi connectivity index (χ4v) is 5.63. The first-order valence-corrected chi connectivity index (χ1v) is 8.61. The predicted octanol–water partition coefficient (Wildman–Crippen LogP) is 1.11. The summed E-state index contributed by atoms with van der Waals surface area (Å²) >= 11 is 0. The van der Waals surface area contributed by atoms with Gasteiger partial charge in [-0.1, -0.05) is 12.1 Å². The molecule has 6 heteroatoms. The summed E-state index contributed by atoms with van der Waals surface area (Å²) in [6.45, 7) is 0.656. The fraction of sp³-hybridized carbons (Fsp3) is 0.611. The lowest BCUT2D eigenvalue weighted by molar-refractivity contribution is -0.144. The molecule has 0 saturated carbocycles. The van der Waals surface area contributed by atoms with Gasteiger partial charge in [0, 0.05) is 17.6 Å². The molecule has 2 bridgehead atoms. The van der Waals surface area contributed by atoms with Gasteiger partial charge in [0.1, 0.15) is 12.0 Å². The highest BCUT2D eigenvalue weighted by molar-refractivity contribution is 5.72. The number of ether oxygens (including phenoxy) is 2. The molecule has 4 heterocycles. The number of methoxy groups -OCH3 is 1. The summed E-state index contributed by atoms with van der Waals surface area (Å²) in [7, 11) is 3.77. The Morgan fingerprint density at radius 2 is 2.21 bits per heavy atom. The average molecular weight is 330 g/mol. The molecule has 1 aromatic carbocycles. The molecule has 5 rings (SSSR count). The Labute approximate surface area is 140 Å². The van der Waals surface area contributed by atoms with Crippen molar-refractivity contribution >= 4 is 5.97 Å². The Balaban J connectivity index is 1.64. The Kier molecular flexibility index (Phi) is 3.02. The molecule has 4 aliphatic rings. The first-order chi connectivity index (χ1) is 11.6. The molecule has 3 fully saturated rings. The number of carbonyl (C=O) groups is 1. The number of carboxylic acids is 1. The van der Waals surface area contributed by atoms with Crippen LogP contribution in [-0.4, -0.2) is 66.0 Å². The summed E-state index contributed by atoms with van der Waals surface area (Å²) in [6.07, 6.45) is 1.52. The molecule has 128 valence electrons. The van der Waals surface area contributed by atoms with E-state index in [0.717, 1.165) is 12.2 Å². The second-order valence-electron chi connectivity index (χ2n) is 7.40. The second-order valence-corrected chi connectivity index (χ2v) is 7.40. The van der Waals surface area contributed by atoms with Crippen LogP contribution >= 0.6 is 0 Å². The van der Waals surface area contributed by atoms with Crippen molar-refractivity contribution in [1.82, 2.24) is 9.80 Å². The summed E-state index contributed by atoms with van der Waals surface area (Å²) in [6, 6.07) is 6.76. The molecule has 0 aliphatic carbocycles. The van der Waals surface area contributed by atoms with Crippen molar-refractivity contribution in [2.45, 2.75) is 43.2 Å². The summed E-state index contributed by atoms with van der Waals surface area (Å²) in [4.78, 5) is 16.5. The van der Waals surface area contributed by atoms with E-state index in [4.69, 9.17) is 9.47 Å². The SMILES string of the molecule is COc1cccc2c1[C@@H]1CO[C@@H]3[C@@H]4C[C@@H](C(=O)O)[C@H]([C@H](C2)N31)N4C. The highest BCUT2D eigenvalue weighted by atomic mass is 16.5. The van der Waals surface area contributed by atoms with E-state index in [2.05, 4.69) is 22.9 Å². The highest BCUT2D eigenvalue weighted by Gasteiger charge is 2.62. The zero-order chi connectivity index (χ0) is 16.6. The molecule has 1 aromatic rings. The lowest BCUT2D eigenvalue weighted by atomic mass is 9.82. The molecule has 0 unspecified atom stereocenters. The van der Waals surface area contributed by atoms with Gasteiger partial charge in [-0.25, -0.2) is 0 Å². The molecule has 24 heavy (non-hydrogen) atoms. The van der Waals surface area contributed by atoms with Crippen LogP contribution in [0.15, 0.2) is 18.2 Å². The number of nitrogens with zero attached hydrogens (tertiary/aromatic N) is 2. The first kappa shape index (κ1) is 14.7. The van der Waals surface area contributed by atoms with Crippen LogP contribution in [0.2, 0.25) is 0 Å². The van der Waals surface area contributed by atoms with Crippen LogP contribution in [0.3, 0.4) is 0 Å². The Morgan fingerprint density at radius 3 is 2.96 bits per heavy atom. The van der Waals surface area contributed by atoms with Crippen molar-refractivity contribution in [2.75, 3.05) is 20.8 Å². The van der Waals surface area contributed by atoms with E-state index in [9.17, 15) is 9.90 Å². The van der Waals surface area contributed by atoms with Crippen LogP contribution in [0.25, 0.3) is 0 Å². The van der Waals surface area contributed by atoms with Gasteiger partial charge in [0.05, 0.1) is 31.7 Å². The zero-order valence-electron chi connectivity index (χ0n) is 13.9. The minimum Gasteiger partial charge on any atom is -0.496 e. The van der Waals surface area contributed by atoms with Gasteiger partial charge in [-0.15, -0.1) is 0 Å². The maximum atomic E-state index is 11.8. The monoisotopic (exact) mass is 330 g/mol. The zero-order valence-corrected chi connectivity index (χ0v) is 13.9. The normalized spacial score (nSPS) is 40.2. The third-order valence-corrected chi connectivity index (χ3v) is 6.54. The number of piperazine rings is 1. The Morgan fingerprint density at radius 1 is 1.38 bits per heavy atom. The predicted molar refractivity (Wildman–Crippen MR) is 85.9 cm³/mol. The van der Waals surface area contributed by atoms with E-state index in [0.29, 0.717) is 13.0 Å². The van der Waals surface area contributed by atoms with Crippen molar-refractivity contribution in [3.63, 3.8) is 0 Å². The summed E-state index contributed by atoms with van der Waals surface area (Å²) in [5.74, 6) is -0.0724. The molecule has 0 spiro atoms. The molecule has 0 amide bonds. The first-order valence-electron chi connectivity index (χ1n) is 8.61. The molecule has 0 aromatic heterocycles. The lowest BCUT2D eigenvalue weighted by Crippen LogP contribution is -2.64. The highest BCUT2D eigenvalue weighted by Crippen LogP contribution is 2.52. The third kappa shape index (κ3) is 1.68. The van der Waals surface area contributed by atoms with Crippen LogP contribution in [0.1, 0.15) is 23.6 Å². The summed E-state index contributed by atoms with van der Waals surface area (Å²) in [5, 5.41) is 9.71. The number of rotatable bonds is 2. The molecule has 4 aliphatic heterocycles. The number of carboxylic acid groups (broad SMARTS) is 1. The van der Waals surface area contributed by atoms with Crippen LogP contribution in [0, 0.1) is 5.92 Å². The molecule has 6 atom stereocenters. The van der Waals surface area contributed by atoms with Crippen LogP contribution in [0.4, 0.5) is 0 Å². The molecule has 6 nitrogen and oxygen atoms in total. The second kappa shape index (κ2) is 4.94. The van der Waals surface area contributed by atoms with Crippen LogP contribution < -0.4 is 4.74 Å². The summed E-state index contributed by atoms with van der Waals surface area (Å²) < 4.78 is 11.8. The maximum Gasteiger partial charge on any atom is 0.308 e. The van der Waals surface area contributed by atoms with Gasteiger partial charge in [0.15, 0.2) is 0 Å². The van der Waals surface area contributed by atoms with Gasteiger partial charge in [0.2, 0.25) is 0 Å². The topological polar surface area (TPSA) is 62.2 Å². The van der Waals surface area contributed by atoms with Gasteiger partial charge in [-0.2, -0.15) is 0 Å². The number of likely N-dealkylation sites (N-methyl/N-ethyl adjacent to an activating group) is 1. The van der Waals surface area contributed by atoms with E-state index in [-0.39, 0.29) is 36.3 Å². The molecule has 0 radical (unpaired) electrons. The number of hydrogen-bond donors (Lipinski definition) is 1. The number of fused-ring (bicyclic) bond motifs is 6. The molecule has 1 N–H and O–H groups in total. The van der Waals surface area contributed by atoms with E-state index in [1.807, 2.05) is 12.1 Å². The smallest absolute Gasteiger partial charge is 0.308 e. The van der Waals surface area contributed by atoms with E-state index >= 15 is 0 Å². The van der Waals surface area contributed by atoms with Crippen molar-refractivity contribution in [3.05, 3.63) is 29.3 Å². The van der Waals surface area contributed by atoms with Crippen LogP contribution in [0.5, 0.6) is 5.75 Å². The summed E-state index contributed by atoms with van der Waals surface area (Å²) in [5.41, 5.74) is 2.50. The minimum absolute atomic E-state index is 0.0105. The molecule has 3 saturated heterocycles. The average Bonchev–Trinajstić information content (AvgIpc) is 3.10. The lowest BCUT2D eigenvalue weighted by Gasteiger charge is -2.51. The standard InChI is InChI=1S/C18H22N2O4/c1-19-12-7-10(18(21)22)16(19)11-6-9-4-3-5-14(23-2)15(9)13-8-24-17(12)20(11)13/h3-5,10-13,16-17H,6-8H2,1-2H3,(H,21,22)/t10-,11+,12+,13+,16-,17-/m1/s1. The van der Waals surface area contributed by atoms with Crippen molar-refractivity contribution < 1.29 is 19.4 Å². The quantitative estimate of drug-likeness (QED) is 0.876. The third-order valence-electron chi connectivity index (χ3n) is 6.54. The number of aliphatic carboxylic acids is 1. The fourth-order valence-electron chi connectivity index (χ4n) is 5.63. The Bertz CT molecular complexity index is 708. The van der Waals surface area contributed by atoms with Gasteiger partial charge in [-0.05, 0) is 31.5 Å². The molecular weight excluding hydrogens is 308 g/mol. The van der Waals surface area contributed by atoms with Gasteiger partial charge in [0.25, 0.3) is 0 Å². The largest absolute Gasteiger partial charge is 0.496 e.